The average molecular weight is 302 g/mol. The van der Waals surface area contributed by atoms with Crippen LogP contribution in [0, 0.1) is 20.8 Å². The van der Waals surface area contributed by atoms with Crippen LogP contribution >= 0.6 is 27.5 Å². The molecule has 2 aromatic rings. The highest BCUT2D eigenvalue weighted by Crippen LogP contribution is 2.22. The molecule has 0 saturated carbocycles. The molecule has 0 atom stereocenters. The van der Waals surface area contributed by atoms with E-state index in [0.717, 1.165) is 15.9 Å². The van der Waals surface area contributed by atoms with E-state index in [-0.39, 0.29) is 0 Å². The smallest absolute Gasteiger partial charge is 0.158 e. The molecule has 0 spiro atoms. The quantitative estimate of drug-likeness (QED) is 0.761. The van der Waals surface area contributed by atoms with Crippen LogP contribution in [0.5, 0.6) is 0 Å². The summed E-state index contributed by atoms with van der Waals surface area (Å²) in [6.45, 7) is 5.70. The van der Waals surface area contributed by atoms with Crippen LogP contribution < -0.4 is 0 Å². The SMILES string of the molecule is Cc1nc(Cl)cc(-n2nc(C)c(Br)c2C)n1. The summed E-state index contributed by atoms with van der Waals surface area (Å²) in [5.41, 5.74) is 1.91. The van der Waals surface area contributed by atoms with Crippen LogP contribution in [0.2, 0.25) is 5.15 Å². The van der Waals surface area contributed by atoms with Gasteiger partial charge in [0.2, 0.25) is 0 Å². The van der Waals surface area contributed by atoms with Crippen molar-refractivity contribution < 1.29 is 0 Å². The van der Waals surface area contributed by atoms with Crippen molar-refractivity contribution in [3.05, 3.63) is 32.9 Å². The maximum absolute atomic E-state index is 5.90. The van der Waals surface area contributed by atoms with Crippen molar-refractivity contribution in [2.24, 2.45) is 0 Å². The maximum atomic E-state index is 5.90. The van der Waals surface area contributed by atoms with Crippen molar-refractivity contribution >= 4 is 27.5 Å². The van der Waals surface area contributed by atoms with Gasteiger partial charge in [-0.05, 0) is 36.7 Å². The minimum atomic E-state index is 0.422. The summed E-state index contributed by atoms with van der Waals surface area (Å²) >= 11 is 9.37. The Hall–Kier alpha value is -0.940. The minimum Gasteiger partial charge on any atom is -0.221 e. The molecule has 0 aromatic carbocycles. The van der Waals surface area contributed by atoms with Gasteiger partial charge in [0, 0.05) is 6.07 Å². The van der Waals surface area contributed by atoms with E-state index < -0.39 is 0 Å². The summed E-state index contributed by atoms with van der Waals surface area (Å²) < 4.78 is 2.74. The Kier molecular flexibility index (Phi) is 2.99. The summed E-state index contributed by atoms with van der Waals surface area (Å²) in [4.78, 5) is 8.32. The fourth-order valence-electron chi connectivity index (χ4n) is 1.47. The lowest BCUT2D eigenvalue weighted by molar-refractivity contribution is 0.792. The Balaban J connectivity index is 2.62. The number of aryl methyl sites for hydroxylation is 2. The van der Waals surface area contributed by atoms with Gasteiger partial charge in [0.1, 0.15) is 11.0 Å². The standard InChI is InChI=1S/C10H10BrClN4/c1-5-10(11)6(2)16(15-5)9-4-8(12)13-7(3)14-9/h4H,1-3H3. The highest BCUT2D eigenvalue weighted by molar-refractivity contribution is 9.10. The van der Waals surface area contributed by atoms with Crippen LogP contribution in [-0.2, 0) is 0 Å². The predicted molar refractivity (Wildman–Crippen MR) is 66.1 cm³/mol. The van der Waals surface area contributed by atoms with Gasteiger partial charge in [-0.3, -0.25) is 0 Å². The van der Waals surface area contributed by atoms with Crippen LogP contribution in [0.3, 0.4) is 0 Å². The molecule has 4 nitrogen and oxygen atoms in total. The number of hydrogen-bond donors (Lipinski definition) is 0. The fourth-order valence-corrected chi connectivity index (χ4v) is 1.94. The highest BCUT2D eigenvalue weighted by atomic mass is 79.9. The minimum absolute atomic E-state index is 0.422. The Morgan fingerprint density at radius 2 is 1.94 bits per heavy atom. The summed E-state index contributed by atoms with van der Waals surface area (Å²) in [5, 5.41) is 4.81. The molecule has 0 N–H and O–H groups in total. The second kappa shape index (κ2) is 4.14. The van der Waals surface area contributed by atoms with E-state index in [1.165, 1.54) is 0 Å². The van der Waals surface area contributed by atoms with Gasteiger partial charge >= 0.3 is 0 Å². The van der Waals surface area contributed by atoms with Crippen LogP contribution in [0.1, 0.15) is 17.2 Å². The largest absolute Gasteiger partial charge is 0.221 e. The monoisotopic (exact) mass is 300 g/mol. The van der Waals surface area contributed by atoms with Crippen LogP contribution in [0.25, 0.3) is 5.82 Å². The second-order valence-corrected chi connectivity index (χ2v) is 4.67. The molecule has 6 heteroatoms. The second-order valence-electron chi connectivity index (χ2n) is 3.49. The van der Waals surface area contributed by atoms with Crippen molar-refractivity contribution in [2.45, 2.75) is 20.8 Å². The number of halogens is 2. The molecular formula is C10H10BrClN4. The Bertz CT molecular complexity index is 530. The topological polar surface area (TPSA) is 43.6 Å². The normalized spacial score (nSPS) is 10.8. The van der Waals surface area contributed by atoms with Crippen molar-refractivity contribution in [1.82, 2.24) is 19.7 Å². The molecule has 0 radical (unpaired) electrons. The summed E-state index contributed by atoms with van der Waals surface area (Å²) in [7, 11) is 0. The number of hydrogen-bond acceptors (Lipinski definition) is 3. The third-order valence-corrected chi connectivity index (χ3v) is 3.55. The van der Waals surface area contributed by atoms with E-state index >= 15 is 0 Å². The van der Waals surface area contributed by atoms with Crippen molar-refractivity contribution in [3.8, 4) is 5.82 Å². The number of rotatable bonds is 1. The fraction of sp³-hybridized carbons (Fsp3) is 0.300. The van der Waals surface area contributed by atoms with Gasteiger partial charge in [-0.1, -0.05) is 11.6 Å². The van der Waals surface area contributed by atoms with E-state index in [1.807, 2.05) is 13.8 Å². The van der Waals surface area contributed by atoms with Gasteiger partial charge in [0.05, 0.1) is 15.9 Å². The van der Waals surface area contributed by atoms with Gasteiger partial charge in [-0.25, -0.2) is 14.6 Å². The van der Waals surface area contributed by atoms with Crippen molar-refractivity contribution in [2.75, 3.05) is 0 Å². The molecule has 0 saturated heterocycles. The van der Waals surface area contributed by atoms with Gasteiger partial charge in [-0.2, -0.15) is 5.10 Å². The molecule has 16 heavy (non-hydrogen) atoms. The van der Waals surface area contributed by atoms with Crippen LogP contribution in [0.4, 0.5) is 0 Å². The summed E-state index contributed by atoms with van der Waals surface area (Å²) in [5.74, 6) is 1.31. The number of aromatic nitrogens is 4. The Morgan fingerprint density at radius 1 is 1.25 bits per heavy atom. The first-order valence-corrected chi connectivity index (χ1v) is 5.89. The molecular weight excluding hydrogens is 291 g/mol. The molecule has 0 amide bonds. The van der Waals surface area contributed by atoms with Crippen molar-refractivity contribution in [1.29, 1.82) is 0 Å². The van der Waals surface area contributed by atoms with Crippen molar-refractivity contribution in [3.63, 3.8) is 0 Å². The molecule has 0 unspecified atom stereocenters. The zero-order valence-corrected chi connectivity index (χ0v) is 11.5. The molecule has 2 rings (SSSR count). The molecule has 0 aliphatic heterocycles. The molecule has 2 heterocycles. The van der Waals surface area contributed by atoms with E-state index in [0.29, 0.717) is 16.8 Å². The zero-order chi connectivity index (χ0) is 11.9. The van der Waals surface area contributed by atoms with Crippen LogP contribution in [0.15, 0.2) is 10.5 Å². The van der Waals surface area contributed by atoms with E-state index in [4.69, 9.17) is 11.6 Å². The van der Waals surface area contributed by atoms with E-state index in [9.17, 15) is 0 Å². The maximum Gasteiger partial charge on any atom is 0.158 e. The van der Waals surface area contributed by atoms with Gasteiger partial charge in [0.15, 0.2) is 5.82 Å². The molecule has 84 valence electrons. The first-order valence-electron chi connectivity index (χ1n) is 4.72. The molecule has 2 aromatic heterocycles. The van der Waals surface area contributed by atoms with Gasteiger partial charge < -0.3 is 0 Å². The van der Waals surface area contributed by atoms with E-state index in [2.05, 4.69) is 31.0 Å². The Morgan fingerprint density at radius 3 is 2.44 bits per heavy atom. The lowest BCUT2D eigenvalue weighted by Crippen LogP contribution is -2.04. The van der Waals surface area contributed by atoms with Gasteiger partial charge in [0.25, 0.3) is 0 Å². The van der Waals surface area contributed by atoms with Gasteiger partial charge in [-0.15, -0.1) is 0 Å². The lowest BCUT2D eigenvalue weighted by Gasteiger charge is -2.04. The molecule has 0 aliphatic carbocycles. The third kappa shape index (κ3) is 1.97. The zero-order valence-electron chi connectivity index (χ0n) is 9.12. The lowest BCUT2D eigenvalue weighted by atomic mass is 10.4. The summed E-state index contributed by atoms with van der Waals surface area (Å²) in [6.07, 6.45) is 0. The highest BCUT2D eigenvalue weighted by Gasteiger charge is 2.12. The van der Waals surface area contributed by atoms with Crippen LogP contribution in [-0.4, -0.2) is 19.7 Å². The predicted octanol–water partition coefficient (Wildman–Crippen LogP) is 3.00. The molecule has 0 bridgehead atoms. The van der Waals surface area contributed by atoms with E-state index in [1.54, 1.807) is 17.7 Å². The molecule has 0 fully saturated rings. The Labute approximate surface area is 107 Å². The molecule has 0 aliphatic rings. The number of nitrogens with zero attached hydrogens (tertiary/aromatic N) is 4. The first kappa shape index (κ1) is 11.5. The third-order valence-electron chi connectivity index (χ3n) is 2.21. The summed E-state index contributed by atoms with van der Waals surface area (Å²) in [6, 6.07) is 1.69. The first-order chi connectivity index (χ1) is 7.49. The average Bonchev–Trinajstić information content (AvgIpc) is 2.44.